The van der Waals surface area contributed by atoms with E-state index in [1.807, 2.05) is 24.4 Å². The molecule has 6 heteroatoms. The Morgan fingerprint density at radius 3 is 2.44 bits per heavy atom. The van der Waals surface area contributed by atoms with Gasteiger partial charge < -0.3 is 14.8 Å². The van der Waals surface area contributed by atoms with Crippen LogP contribution in [0.2, 0.25) is 0 Å². The van der Waals surface area contributed by atoms with Crippen molar-refractivity contribution in [3.8, 4) is 5.69 Å². The number of aromatic nitrogens is 2. The van der Waals surface area contributed by atoms with Crippen LogP contribution in [0.25, 0.3) is 5.69 Å². The molecule has 0 amide bonds. The van der Waals surface area contributed by atoms with Crippen LogP contribution in [0, 0.1) is 13.8 Å². The summed E-state index contributed by atoms with van der Waals surface area (Å²) in [5.41, 5.74) is 6.72. The Kier molecular flexibility index (Phi) is 5.57. The monoisotopic (exact) mass is 502 g/mol. The largest absolute Gasteiger partial charge is 0.351 e. The van der Waals surface area contributed by atoms with Crippen LogP contribution in [0.1, 0.15) is 34.6 Å². The molecule has 0 aliphatic carbocycles. The molecule has 1 aliphatic heterocycles. The molecule has 2 unspecified atom stereocenters. The van der Waals surface area contributed by atoms with Gasteiger partial charge in [0.25, 0.3) is 0 Å². The van der Waals surface area contributed by atoms with Gasteiger partial charge in [0.15, 0.2) is 5.11 Å². The van der Waals surface area contributed by atoms with E-state index in [9.17, 15) is 0 Å². The first kappa shape index (κ1) is 20.9. The summed E-state index contributed by atoms with van der Waals surface area (Å²) in [6.45, 7) is 4.25. The van der Waals surface area contributed by atoms with Crippen molar-refractivity contribution in [3.63, 3.8) is 0 Å². The SMILES string of the molecule is Cc1cc(C)cc(N2C(=S)NC(c3ccccn3)C2c2cccn2-c2cccc(Br)c2)c1. The number of aryl methyl sites for hydroxylation is 2. The van der Waals surface area contributed by atoms with Crippen LogP contribution >= 0.6 is 28.1 Å². The van der Waals surface area contributed by atoms with Gasteiger partial charge in [-0.15, -0.1) is 0 Å². The summed E-state index contributed by atoms with van der Waals surface area (Å²) in [7, 11) is 0. The van der Waals surface area contributed by atoms with Crippen LogP contribution in [0.15, 0.2) is 89.7 Å². The Labute approximate surface area is 202 Å². The highest BCUT2D eigenvalue weighted by Crippen LogP contribution is 2.42. The molecule has 4 nitrogen and oxygen atoms in total. The Balaban J connectivity index is 1.69. The minimum absolute atomic E-state index is 0.0624. The quantitative estimate of drug-likeness (QED) is 0.326. The van der Waals surface area contributed by atoms with Crippen molar-refractivity contribution in [2.75, 3.05) is 4.90 Å². The molecule has 3 heterocycles. The van der Waals surface area contributed by atoms with Crippen LogP contribution in [0.5, 0.6) is 0 Å². The average Bonchev–Trinajstić information content (AvgIpc) is 3.38. The predicted octanol–water partition coefficient (Wildman–Crippen LogP) is 6.43. The predicted molar refractivity (Wildman–Crippen MR) is 137 cm³/mol. The molecule has 0 spiro atoms. The topological polar surface area (TPSA) is 33.1 Å². The molecule has 2 atom stereocenters. The van der Waals surface area contributed by atoms with Crippen molar-refractivity contribution >= 4 is 38.9 Å². The third-order valence-electron chi connectivity index (χ3n) is 5.75. The number of rotatable bonds is 4. The third kappa shape index (κ3) is 3.85. The summed E-state index contributed by atoms with van der Waals surface area (Å²) in [6, 6.07) is 25.1. The van der Waals surface area contributed by atoms with Crippen molar-refractivity contribution in [1.82, 2.24) is 14.9 Å². The highest BCUT2D eigenvalue weighted by atomic mass is 79.9. The first-order valence-electron chi connectivity index (χ1n) is 10.5. The number of halogens is 1. The third-order valence-corrected chi connectivity index (χ3v) is 6.56. The molecule has 1 N–H and O–H groups in total. The average molecular weight is 503 g/mol. The van der Waals surface area contributed by atoms with E-state index in [4.69, 9.17) is 12.2 Å². The lowest BCUT2D eigenvalue weighted by Gasteiger charge is -2.29. The summed E-state index contributed by atoms with van der Waals surface area (Å²) in [5.74, 6) is 0. The second kappa shape index (κ2) is 8.52. The van der Waals surface area contributed by atoms with Gasteiger partial charge in [-0.1, -0.05) is 34.1 Å². The second-order valence-electron chi connectivity index (χ2n) is 8.13. The van der Waals surface area contributed by atoms with Crippen LogP contribution in [-0.4, -0.2) is 14.7 Å². The lowest BCUT2D eigenvalue weighted by atomic mass is 10.00. The number of anilines is 1. The number of benzene rings is 2. The lowest BCUT2D eigenvalue weighted by molar-refractivity contribution is 0.549. The maximum absolute atomic E-state index is 5.89. The molecule has 1 aliphatic rings. The van der Waals surface area contributed by atoms with Gasteiger partial charge in [0.1, 0.15) is 6.04 Å². The normalized spacial score (nSPS) is 18.1. The van der Waals surface area contributed by atoms with Crippen LogP contribution in [0.4, 0.5) is 5.69 Å². The van der Waals surface area contributed by atoms with E-state index < -0.39 is 0 Å². The number of thiocarbonyl (C=S) groups is 1. The van der Waals surface area contributed by atoms with Crippen molar-refractivity contribution in [1.29, 1.82) is 0 Å². The molecule has 1 fully saturated rings. The van der Waals surface area contributed by atoms with Crippen molar-refractivity contribution in [2.24, 2.45) is 0 Å². The molecule has 0 bridgehead atoms. The summed E-state index contributed by atoms with van der Waals surface area (Å²) in [6.07, 6.45) is 3.94. The summed E-state index contributed by atoms with van der Waals surface area (Å²) < 4.78 is 3.28. The number of nitrogens with zero attached hydrogens (tertiary/aromatic N) is 3. The molecule has 2 aromatic carbocycles. The highest BCUT2D eigenvalue weighted by Gasteiger charge is 2.42. The van der Waals surface area contributed by atoms with E-state index >= 15 is 0 Å². The van der Waals surface area contributed by atoms with Gasteiger partial charge in [0, 0.05) is 33.9 Å². The van der Waals surface area contributed by atoms with Crippen molar-refractivity contribution in [3.05, 3.63) is 112 Å². The van der Waals surface area contributed by atoms with Gasteiger partial charge in [-0.2, -0.15) is 0 Å². The minimum atomic E-state index is -0.0784. The van der Waals surface area contributed by atoms with Crippen LogP contribution in [0.3, 0.4) is 0 Å². The first-order chi connectivity index (χ1) is 15.5. The van der Waals surface area contributed by atoms with Crippen molar-refractivity contribution in [2.45, 2.75) is 25.9 Å². The Hall–Kier alpha value is -2.96. The Morgan fingerprint density at radius 1 is 0.906 bits per heavy atom. The zero-order valence-corrected chi connectivity index (χ0v) is 20.3. The number of pyridine rings is 1. The molecule has 0 radical (unpaired) electrons. The summed E-state index contributed by atoms with van der Waals surface area (Å²) >= 11 is 9.50. The highest BCUT2D eigenvalue weighted by molar-refractivity contribution is 9.10. The van der Waals surface area contributed by atoms with E-state index in [0.717, 1.165) is 27.2 Å². The molecule has 160 valence electrons. The molecule has 1 saturated heterocycles. The van der Waals surface area contributed by atoms with E-state index in [0.29, 0.717) is 5.11 Å². The van der Waals surface area contributed by atoms with Gasteiger partial charge in [-0.3, -0.25) is 4.98 Å². The summed E-state index contributed by atoms with van der Waals surface area (Å²) in [4.78, 5) is 6.90. The fraction of sp³-hybridized carbons (Fsp3) is 0.154. The molecule has 32 heavy (non-hydrogen) atoms. The molecule has 5 rings (SSSR count). The van der Waals surface area contributed by atoms with E-state index in [2.05, 4.69) is 110 Å². The van der Waals surface area contributed by atoms with Crippen LogP contribution in [-0.2, 0) is 0 Å². The van der Waals surface area contributed by atoms with Gasteiger partial charge in [0.2, 0.25) is 0 Å². The fourth-order valence-corrected chi connectivity index (χ4v) is 5.25. The lowest BCUT2D eigenvalue weighted by Crippen LogP contribution is -2.30. The Bertz CT molecular complexity index is 1260. The van der Waals surface area contributed by atoms with E-state index in [-0.39, 0.29) is 12.1 Å². The molecule has 4 aromatic rings. The summed E-state index contributed by atoms with van der Waals surface area (Å²) in [5, 5.41) is 4.26. The van der Waals surface area contributed by atoms with Gasteiger partial charge in [-0.25, -0.2) is 0 Å². The van der Waals surface area contributed by atoms with E-state index in [1.165, 1.54) is 11.1 Å². The van der Waals surface area contributed by atoms with Gasteiger partial charge >= 0.3 is 0 Å². The van der Waals surface area contributed by atoms with Gasteiger partial charge in [-0.05, 0) is 91.8 Å². The zero-order valence-electron chi connectivity index (χ0n) is 17.9. The second-order valence-corrected chi connectivity index (χ2v) is 9.43. The first-order valence-corrected chi connectivity index (χ1v) is 11.7. The molecule has 0 saturated carbocycles. The Morgan fingerprint density at radius 2 is 1.72 bits per heavy atom. The fourth-order valence-electron chi connectivity index (χ4n) is 4.52. The maximum atomic E-state index is 5.89. The molecular weight excluding hydrogens is 480 g/mol. The minimum Gasteiger partial charge on any atom is -0.351 e. The van der Waals surface area contributed by atoms with Gasteiger partial charge in [0.05, 0.1) is 11.7 Å². The standard InChI is InChI=1S/C26H23BrN4S/c1-17-13-18(2)15-21(14-17)31-25(24(29-26(31)32)22-9-3-4-11-28-22)23-10-6-12-30(23)20-8-5-7-19(27)16-20/h3-16,24-25H,1-2H3,(H,29,32). The zero-order chi connectivity index (χ0) is 22.2. The maximum Gasteiger partial charge on any atom is 0.174 e. The van der Waals surface area contributed by atoms with Crippen LogP contribution < -0.4 is 10.2 Å². The molecule has 2 aromatic heterocycles. The smallest absolute Gasteiger partial charge is 0.174 e. The van der Waals surface area contributed by atoms with E-state index in [1.54, 1.807) is 0 Å². The molecular formula is C26H23BrN4S. The van der Waals surface area contributed by atoms with Crippen molar-refractivity contribution < 1.29 is 0 Å². The number of nitrogens with one attached hydrogen (secondary N) is 1. The number of hydrogen-bond acceptors (Lipinski definition) is 2. The number of hydrogen-bond donors (Lipinski definition) is 1.